The lowest BCUT2D eigenvalue weighted by Gasteiger charge is -2.29. The molecule has 0 aliphatic carbocycles. The van der Waals surface area contributed by atoms with Crippen molar-refractivity contribution in [3.63, 3.8) is 0 Å². The minimum Gasteiger partial charge on any atom is -0.454 e. The lowest BCUT2D eigenvalue weighted by molar-refractivity contribution is -0.151. The highest BCUT2D eigenvalue weighted by molar-refractivity contribution is 6.22. The van der Waals surface area contributed by atoms with E-state index in [0.717, 1.165) is 4.90 Å². The van der Waals surface area contributed by atoms with Crippen molar-refractivity contribution in [1.82, 2.24) is 4.90 Å². The maximum absolute atomic E-state index is 12.6. The fourth-order valence-corrected chi connectivity index (χ4v) is 3.45. The van der Waals surface area contributed by atoms with Crippen molar-refractivity contribution in [2.24, 2.45) is 0 Å². The van der Waals surface area contributed by atoms with Gasteiger partial charge in [-0.2, -0.15) is 0 Å². The summed E-state index contributed by atoms with van der Waals surface area (Å²) in [4.78, 5) is 63.9. The van der Waals surface area contributed by atoms with Gasteiger partial charge >= 0.3 is 5.97 Å². The number of amides is 4. The highest BCUT2D eigenvalue weighted by Crippen LogP contribution is 2.29. The standard InChI is InChI=1S/C21H17N3O6/c1-12(24-19(27)13-6-2-3-7-14(13)20(24)28)21(29)30-11-18(26)23-10-17(25)22-15-8-4-5-9-16(15)23/h2-9,12H,10-11H2,1H3,(H,22,25)/t12-/m1/s1. The van der Waals surface area contributed by atoms with Gasteiger partial charge in [0.25, 0.3) is 17.7 Å². The van der Waals surface area contributed by atoms with Gasteiger partial charge in [0.1, 0.15) is 12.6 Å². The van der Waals surface area contributed by atoms with Gasteiger partial charge in [-0.3, -0.25) is 29.0 Å². The quantitative estimate of drug-likeness (QED) is 0.602. The summed E-state index contributed by atoms with van der Waals surface area (Å²) in [5.41, 5.74) is 1.41. The first-order valence-corrected chi connectivity index (χ1v) is 9.21. The zero-order valence-electron chi connectivity index (χ0n) is 16.0. The van der Waals surface area contributed by atoms with Gasteiger partial charge in [-0.05, 0) is 31.2 Å². The fraction of sp³-hybridized carbons (Fsp3) is 0.190. The Morgan fingerprint density at radius 1 is 1.00 bits per heavy atom. The Balaban J connectivity index is 1.43. The molecule has 2 aliphatic rings. The Morgan fingerprint density at radius 3 is 2.27 bits per heavy atom. The molecule has 9 heteroatoms. The summed E-state index contributed by atoms with van der Waals surface area (Å²) in [6.45, 7) is 0.521. The van der Waals surface area contributed by atoms with Gasteiger partial charge in [-0.15, -0.1) is 0 Å². The second-order valence-corrected chi connectivity index (χ2v) is 6.85. The smallest absolute Gasteiger partial charge is 0.329 e. The van der Waals surface area contributed by atoms with E-state index in [1.165, 1.54) is 24.0 Å². The van der Waals surface area contributed by atoms with Crippen LogP contribution in [-0.2, 0) is 19.1 Å². The summed E-state index contributed by atoms with van der Waals surface area (Å²) in [5, 5.41) is 2.66. The number of ether oxygens (including phenoxy) is 1. The molecule has 2 aromatic carbocycles. The van der Waals surface area contributed by atoms with E-state index in [2.05, 4.69) is 5.32 Å². The van der Waals surface area contributed by atoms with E-state index in [1.54, 1.807) is 36.4 Å². The molecule has 4 rings (SSSR count). The van der Waals surface area contributed by atoms with Crippen LogP contribution in [0.3, 0.4) is 0 Å². The third kappa shape index (κ3) is 3.20. The molecule has 30 heavy (non-hydrogen) atoms. The lowest BCUT2D eigenvalue weighted by atomic mass is 10.1. The van der Waals surface area contributed by atoms with Crippen LogP contribution in [0.15, 0.2) is 48.5 Å². The molecule has 2 heterocycles. The van der Waals surface area contributed by atoms with E-state index in [4.69, 9.17) is 4.74 Å². The number of benzene rings is 2. The molecule has 0 radical (unpaired) electrons. The minimum absolute atomic E-state index is 0.207. The molecule has 4 amide bonds. The predicted octanol–water partition coefficient (Wildman–Crippen LogP) is 1.20. The maximum atomic E-state index is 12.6. The second kappa shape index (κ2) is 7.43. The van der Waals surface area contributed by atoms with Gasteiger partial charge in [0.05, 0.1) is 22.5 Å². The molecule has 2 aliphatic heterocycles. The third-order valence-corrected chi connectivity index (χ3v) is 4.96. The number of carbonyl (C=O) groups excluding carboxylic acids is 5. The van der Waals surface area contributed by atoms with Crippen molar-refractivity contribution >= 4 is 41.0 Å². The number of fused-ring (bicyclic) bond motifs is 2. The molecule has 9 nitrogen and oxygen atoms in total. The largest absolute Gasteiger partial charge is 0.454 e. The SMILES string of the molecule is C[C@H](C(=O)OCC(=O)N1CC(=O)Nc2ccccc21)N1C(=O)c2ccccc2C1=O. The average Bonchev–Trinajstić information content (AvgIpc) is 3.01. The van der Waals surface area contributed by atoms with Crippen molar-refractivity contribution in [2.75, 3.05) is 23.4 Å². The number of esters is 1. The molecular formula is C21H17N3O6. The molecule has 152 valence electrons. The molecular weight excluding hydrogens is 390 g/mol. The Labute approximate surface area is 171 Å². The number of imide groups is 1. The van der Waals surface area contributed by atoms with Crippen molar-refractivity contribution in [1.29, 1.82) is 0 Å². The average molecular weight is 407 g/mol. The van der Waals surface area contributed by atoms with Crippen LogP contribution in [0.1, 0.15) is 27.6 Å². The van der Waals surface area contributed by atoms with Gasteiger partial charge < -0.3 is 10.1 Å². The van der Waals surface area contributed by atoms with Crippen molar-refractivity contribution in [3.8, 4) is 0 Å². The van der Waals surface area contributed by atoms with Crippen LogP contribution in [-0.4, -0.2) is 53.7 Å². The van der Waals surface area contributed by atoms with Gasteiger partial charge in [0.2, 0.25) is 5.91 Å². The van der Waals surface area contributed by atoms with E-state index < -0.39 is 36.3 Å². The summed E-state index contributed by atoms with van der Waals surface area (Å²) < 4.78 is 5.07. The van der Waals surface area contributed by atoms with Crippen LogP contribution < -0.4 is 10.2 Å². The van der Waals surface area contributed by atoms with Crippen LogP contribution in [0.2, 0.25) is 0 Å². The Kier molecular flexibility index (Phi) is 4.78. The second-order valence-electron chi connectivity index (χ2n) is 6.85. The number of hydrogen-bond acceptors (Lipinski definition) is 6. The van der Waals surface area contributed by atoms with Gasteiger partial charge in [0, 0.05) is 0 Å². The van der Waals surface area contributed by atoms with Crippen molar-refractivity contribution in [2.45, 2.75) is 13.0 Å². The number of nitrogens with one attached hydrogen (secondary N) is 1. The van der Waals surface area contributed by atoms with E-state index in [9.17, 15) is 24.0 Å². The Morgan fingerprint density at radius 2 is 1.60 bits per heavy atom. The molecule has 1 atom stereocenters. The minimum atomic E-state index is -1.21. The van der Waals surface area contributed by atoms with Crippen LogP contribution in [0.4, 0.5) is 11.4 Å². The Bertz CT molecular complexity index is 1060. The predicted molar refractivity (Wildman–Crippen MR) is 105 cm³/mol. The van der Waals surface area contributed by atoms with Crippen LogP contribution in [0.5, 0.6) is 0 Å². The summed E-state index contributed by atoms with van der Waals surface area (Å²) in [6, 6.07) is 11.8. The van der Waals surface area contributed by atoms with E-state index in [0.29, 0.717) is 11.4 Å². The van der Waals surface area contributed by atoms with Crippen LogP contribution >= 0.6 is 0 Å². The topological polar surface area (TPSA) is 113 Å². The number of rotatable bonds is 4. The zero-order valence-corrected chi connectivity index (χ0v) is 16.0. The molecule has 0 unspecified atom stereocenters. The molecule has 0 spiro atoms. The normalized spacial score (nSPS) is 16.0. The summed E-state index contributed by atoms with van der Waals surface area (Å²) in [7, 11) is 0. The first-order valence-electron chi connectivity index (χ1n) is 9.21. The highest BCUT2D eigenvalue weighted by Gasteiger charge is 2.41. The number of para-hydroxylation sites is 2. The molecule has 0 aromatic heterocycles. The number of hydrogen-bond donors (Lipinski definition) is 1. The molecule has 2 aromatic rings. The van der Waals surface area contributed by atoms with Crippen molar-refractivity contribution in [3.05, 3.63) is 59.7 Å². The van der Waals surface area contributed by atoms with Crippen molar-refractivity contribution < 1.29 is 28.7 Å². The van der Waals surface area contributed by atoms with Gasteiger partial charge in [0.15, 0.2) is 6.61 Å². The van der Waals surface area contributed by atoms with E-state index in [1.807, 2.05) is 0 Å². The van der Waals surface area contributed by atoms with Crippen LogP contribution in [0.25, 0.3) is 0 Å². The van der Waals surface area contributed by atoms with Gasteiger partial charge in [-0.1, -0.05) is 24.3 Å². The molecule has 0 saturated carbocycles. The monoisotopic (exact) mass is 407 g/mol. The number of nitrogens with zero attached hydrogens (tertiary/aromatic N) is 2. The van der Waals surface area contributed by atoms with Gasteiger partial charge in [-0.25, -0.2) is 4.79 Å². The number of anilines is 2. The summed E-state index contributed by atoms with van der Waals surface area (Å²) >= 11 is 0. The van der Waals surface area contributed by atoms with E-state index >= 15 is 0 Å². The third-order valence-electron chi connectivity index (χ3n) is 4.96. The van der Waals surface area contributed by atoms with E-state index in [-0.39, 0.29) is 23.6 Å². The first-order chi connectivity index (χ1) is 14.4. The maximum Gasteiger partial charge on any atom is 0.329 e. The first kappa shape index (κ1) is 19.3. The zero-order chi connectivity index (χ0) is 21.4. The van der Waals surface area contributed by atoms with Crippen LogP contribution in [0, 0.1) is 0 Å². The molecule has 0 fully saturated rings. The molecule has 0 saturated heterocycles. The molecule has 1 N–H and O–H groups in total. The fourth-order valence-electron chi connectivity index (χ4n) is 3.45. The Hall–Kier alpha value is -4.01. The highest BCUT2D eigenvalue weighted by atomic mass is 16.5. The number of carbonyl (C=O) groups is 5. The lowest BCUT2D eigenvalue weighted by Crippen LogP contribution is -2.46. The summed E-state index contributed by atoms with van der Waals surface area (Å²) in [6.07, 6.45) is 0. The molecule has 0 bridgehead atoms. The summed E-state index contributed by atoms with van der Waals surface area (Å²) in [5.74, 6) is -3.04.